The van der Waals surface area contributed by atoms with E-state index in [9.17, 15) is 9.59 Å². The number of hydrogen-bond acceptors (Lipinski definition) is 4. The Morgan fingerprint density at radius 1 is 0.731 bits per heavy atom. The van der Waals surface area contributed by atoms with Crippen molar-refractivity contribution < 1.29 is 19.1 Å². The van der Waals surface area contributed by atoms with Crippen LogP contribution in [0, 0.1) is 17.8 Å². The van der Waals surface area contributed by atoms with E-state index in [0.717, 1.165) is 25.7 Å². The van der Waals surface area contributed by atoms with Gasteiger partial charge in [-0.25, -0.2) is 0 Å². The van der Waals surface area contributed by atoms with Gasteiger partial charge in [-0.05, 0) is 30.6 Å². The molecule has 0 aromatic rings. The van der Waals surface area contributed by atoms with Crippen molar-refractivity contribution in [1.82, 2.24) is 0 Å². The lowest BCUT2D eigenvalue weighted by Crippen LogP contribution is -2.19. The van der Waals surface area contributed by atoms with Gasteiger partial charge in [-0.1, -0.05) is 73.1 Å². The fraction of sp³-hybridized carbons (Fsp3) is 0.909. The molecule has 0 aliphatic heterocycles. The van der Waals surface area contributed by atoms with Crippen LogP contribution in [0.25, 0.3) is 0 Å². The van der Waals surface area contributed by atoms with E-state index in [1.165, 1.54) is 25.7 Å². The van der Waals surface area contributed by atoms with Crippen LogP contribution in [0.4, 0.5) is 0 Å². The van der Waals surface area contributed by atoms with Gasteiger partial charge in [0.2, 0.25) is 0 Å². The second-order valence-electron chi connectivity index (χ2n) is 7.71. The van der Waals surface area contributed by atoms with Gasteiger partial charge >= 0.3 is 11.9 Å². The van der Waals surface area contributed by atoms with E-state index in [1.54, 1.807) is 0 Å². The molecule has 0 radical (unpaired) electrons. The van der Waals surface area contributed by atoms with Crippen LogP contribution >= 0.6 is 0 Å². The van der Waals surface area contributed by atoms with Crippen molar-refractivity contribution in [2.24, 2.45) is 17.8 Å². The van der Waals surface area contributed by atoms with Crippen molar-refractivity contribution in [3.8, 4) is 0 Å². The van der Waals surface area contributed by atoms with E-state index in [0.29, 0.717) is 25.0 Å². The van der Waals surface area contributed by atoms with Gasteiger partial charge in [0.15, 0.2) is 0 Å². The third-order valence-corrected chi connectivity index (χ3v) is 5.08. The summed E-state index contributed by atoms with van der Waals surface area (Å²) >= 11 is 0. The molecule has 0 aliphatic rings. The van der Waals surface area contributed by atoms with Gasteiger partial charge in [0.1, 0.15) is 0 Å². The standard InChI is InChI=1S/C22H42O4/c1-6-10-12-19(8-3)16-25-21(23)14-18(5)15-22(24)26-17-20(9-4)13-11-7-2/h18-20H,6-17H2,1-5H3. The number of ether oxygens (including phenoxy) is 2. The summed E-state index contributed by atoms with van der Waals surface area (Å²) in [6, 6.07) is 0. The predicted octanol–water partition coefficient (Wildman–Crippen LogP) is 5.92. The van der Waals surface area contributed by atoms with E-state index in [1.807, 2.05) is 6.92 Å². The predicted molar refractivity (Wildman–Crippen MR) is 107 cm³/mol. The molecule has 154 valence electrons. The Kier molecular flexibility index (Phi) is 15.5. The monoisotopic (exact) mass is 370 g/mol. The lowest BCUT2D eigenvalue weighted by atomic mass is 10.00. The minimum atomic E-state index is -0.199. The molecule has 0 spiro atoms. The number of carbonyl (C=O) groups excluding carboxylic acids is 2. The summed E-state index contributed by atoms with van der Waals surface area (Å²) in [6.45, 7) is 11.5. The highest BCUT2D eigenvalue weighted by Crippen LogP contribution is 2.16. The van der Waals surface area contributed by atoms with Crippen LogP contribution in [-0.2, 0) is 19.1 Å². The highest BCUT2D eigenvalue weighted by atomic mass is 16.5. The minimum Gasteiger partial charge on any atom is -0.465 e. The zero-order valence-electron chi connectivity index (χ0n) is 17.9. The van der Waals surface area contributed by atoms with E-state index in [4.69, 9.17) is 9.47 Å². The molecular weight excluding hydrogens is 328 g/mol. The second-order valence-corrected chi connectivity index (χ2v) is 7.71. The van der Waals surface area contributed by atoms with E-state index in [2.05, 4.69) is 27.7 Å². The molecule has 2 atom stereocenters. The van der Waals surface area contributed by atoms with Gasteiger partial charge in [-0.3, -0.25) is 9.59 Å². The van der Waals surface area contributed by atoms with Crippen LogP contribution in [0.3, 0.4) is 0 Å². The zero-order valence-corrected chi connectivity index (χ0v) is 17.9. The second kappa shape index (κ2) is 16.1. The smallest absolute Gasteiger partial charge is 0.306 e. The van der Waals surface area contributed by atoms with Crippen LogP contribution < -0.4 is 0 Å². The Bertz CT molecular complexity index is 333. The van der Waals surface area contributed by atoms with Crippen molar-refractivity contribution in [3.63, 3.8) is 0 Å². The summed E-state index contributed by atoms with van der Waals surface area (Å²) in [5.41, 5.74) is 0. The normalized spacial score (nSPS) is 14.5. The third-order valence-electron chi connectivity index (χ3n) is 5.08. The average molecular weight is 371 g/mol. The molecular formula is C22H42O4. The fourth-order valence-electron chi connectivity index (χ4n) is 2.98. The number of rotatable bonds is 16. The van der Waals surface area contributed by atoms with Gasteiger partial charge in [0.05, 0.1) is 13.2 Å². The van der Waals surface area contributed by atoms with Crippen molar-refractivity contribution in [2.75, 3.05) is 13.2 Å². The summed E-state index contributed by atoms with van der Waals surface area (Å²) in [4.78, 5) is 24.0. The Morgan fingerprint density at radius 3 is 1.42 bits per heavy atom. The largest absolute Gasteiger partial charge is 0.465 e. The molecule has 0 N–H and O–H groups in total. The lowest BCUT2D eigenvalue weighted by molar-refractivity contribution is -0.148. The van der Waals surface area contributed by atoms with E-state index in [-0.39, 0.29) is 30.7 Å². The third kappa shape index (κ3) is 13.2. The first-order chi connectivity index (χ1) is 12.5. The summed E-state index contributed by atoms with van der Waals surface area (Å²) in [5, 5.41) is 0. The summed E-state index contributed by atoms with van der Waals surface area (Å²) in [6.07, 6.45) is 9.54. The summed E-state index contributed by atoms with van der Waals surface area (Å²) in [7, 11) is 0. The quantitative estimate of drug-likeness (QED) is 0.316. The van der Waals surface area contributed by atoms with Gasteiger partial charge in [0.25, 0.3) is 0 Å². The Labute approximate surface area is 161 Å². The van der Waals surface area contributed by atoms with Crippen LogP contribution in [0.15, 0.2) is 0 Å². The highest BCUT2D eigenvalue weighted by molar-refractivity contribution is 5.73. The maximum atomic E-state index is 12.0. The summed E-state index contributed by atoms with van der Waals surface area (Å²) < 4.78 is 10.8. The number of unbranched alkanes of at least 4 members (excludes halogenated alkanes) is 2. The Balaban J connectivity index is 4.01. The molecule has 0 amide bonds. The highest BCUT2D eigenvalue weighted by Gasteiger charge is 2.17. The SMILES string of the molecule is CCCCC(CC)COC(=O)CC(C)CC(=O)OCC(CC)CCCC. The van der Waals surface area contributed by atoms with Crippen molar-refractivity contribution in [3.05, 3.63) is 0 Å². The van der Waals surface area contributed by atoms with Gasteiger partial charge in [-0.2, -0.15) is 0 Å². The van der Waals surface area contributed by atoms with Crippen molar-refractivity contribution in [2.45, 2.75) is 98.8 Å². The zero-order chi connectivity index (χ0) is 19.8. The molecule has 0 aromatic carbocycles. The van der Waals surface area contributed by atoms with E-state index >= 15 is 0 Å². The number of esters is 2. The van der Waals surface area contributed by atoms with Crippen molar-refractivity contribution in [1.29, 1.82) is 0 Å². The summed E-state index contributed by atoms with van der Waals surface area (Å²) in [5.74, 6) is 0.465. The minimum absolute atomic E-state index is 0.0403. The molecule has 4 nitrogen and oxygen atoms in total. The molecule has 2 unspecified atom stereocenters. The molecule has 4 heteroatoms. The van der Waals surface area contributed by atoms with Crippen LogP contribution in [0.2, 0.25) is 0 Å². The lowest BCUT2D eigenvalue weighted by Gasteiger charge is -2.17. The first-order valence-corrected chi connectivity index (χ1v) is 10.8. The first-order valence-electron chi connectivity index (χ1n) is 10.8. The Hall–Kier alpha value is -1.06. The number of hydrogen-bond donors (Lipinski definition) is 0. The fourth-order valence-corrected chi connectivity index (χ4v) is 2.98. The van der Waals surface area contributed by atoms with Crippen molar-refractivity contribution >= 4 is 11.9 Å². The molecule has 0 bridgehead atoms. The molecule has 0 fully saturated rings. The van der Waals surface area contributed by atoms with Crippen LogP contribution in [0.5, 0.6) is 0 Å². The molecule has 0 saturated heterocycles. The molecule has 0 rings (SSSR count). The van der Waals surface area contributed by atoms with Crippen LogP contribution in [0.1, 0.15) is 98.8 Å². The van der Waals surface area contributed by atoms with Gasteiger partial charge in [0, 0.05) is 12.8 Å². The topological polar surface area (TPSA) is 52.6 Å². The molecule has 0 heterocycles. The van der Waals surface area contributed by atoms with E-state index < -0.39 is 0 Å². The molecule has 0 aliphatic carbocycles. The first kappa shape index (κ1) is 24.9. The molecule has 0 saturated carbocycles. The van der Waals surface area contributed by atoms with Gasteiger partial charge < -0.3 is 9.47 Å². The van der Waals surface area contributed by atoms with Gasteiger partial charge in [-0.15, -0.1) is 0 Å². The molecule has 0 aromatic heterocycles. The average Bonchev–Trinajstić information content (AvgIpc) is 2.61. The number of carbonyl (C=O) groups is 2. The van der Waals surface area contributed by atoms with Crippen LogP contribution in [-0.4, -0.2) is 25.2 Å². The maximum absolute atomic E-state index is 12.0. The molecule has 26 heavy (non-hydrogen) atoms. The maximum Gasteiger partial charge on any atom is 0.306 e. The Morgan fingerprint density at radius 2 is 1.12 bits per heavy atom.